The second-order valence-electron chi connectivity index (χ2n) is 8.12. The van der Waals surface area contributed by atoms with Gasteiger partial charge in [0.25, 0.3) is 0 Å². The summed E-state index contributed by atoms with van der Waals surface area (Å²) >= 11 is 0. The maximum absolute atomic E-state index is 11.1. The third kappa shape index (κ3) is 3.13. The summed E-state index contributed by atoms with van der Waals surface area (Å²) in [5.41, 5.74) is 2.94. The van der Waals surface area contributed by atoms with Crippen LogP contribution in [0.15, 0.2) is 60.8 Å². The Morgan fingerprint density at radius 2 is 1.62 bits per heavy atom. The Labute approximate surface area is 155 Å². The molecule has 1 atom stereocenters. The molecule has 1 unspecified atom stereocenters. The lowest BCUT2D eigenvalue weighted by Gasteiger charge is -2.42. The van der Waals surface area contributed by atoms with Crippen LogP contribution in [0.4, 0.5) is 0 Å². The molecule has 0 aliphatic rings. The fourth-order valence-corrected chi connectivity index (χ4v) is 3.28. The van der Waals surface area contributed by atoms with Crippen molar-refractivity contribution in [1.82, 2.24) is 4.98 Å². The van der Waals surface area contributed by atoms with E-state index in [4.69, 9.17) is 0 Å². The van der Waals surface area contributed by atoms with Crippen molar-refractivity contribution < 1.29 is 10.2 Å². The molecule has 2 aromatic carbocycles. The van der Waals surface area contributed by atoms with Gasteiger partial charge in [-0.25, -0.2) is 0 Å². The first-order chi connectivity index (χ1) is 12.3. The van der Waals surface area contributed by atoms with Crippen LogP contribution in [0.2, 0.25) is 0 Å². The molecule has 0 saturated heterocycles. The molecule has 1 heterocycles. The lowest BCUT2D eigenvalue weighted by Crippen LogP contribution is -2.40. The van der Waals surface area contributed by atoms with Crippen LogP contribution in [0.5, 0.6) is 0 Å². The third-order valence-electron chi connectivity index (χ3n) is 5.94. The molecule has 136 valence electrons. The maximum atomic E-state index is 11.1. The first-order valence-corrected chi connectivity index (χ1v) is 9.01. The number of aliphatic hydroxyl groups excluding tert-OH is 2. The second kappa shape index (κ2) is 6.82. The number of benzene rings is 2. The van der Waals surface area contributed by atoms with Gasteiger partial charge >= 0.3 is 0 Å². The van der Waals surface area contributed by atoms with Gasteiger partial charge in [-0.2, -0.15) is 0 Å². The van der Waals surface area contributed by atoms with E-state index < -0.39 is 6.10 Å². The molecular weight excluding hydrogens is 322 g/mol. The average Bonchev–Trinajstić information content (AvgIpc) is 2.66. The lowest BCUT2D eigenvalue weighted by molar-refractivity contribution is 0.0859. The topological polar surface area (TPSA) is 53.4 Å². The summed E-state index contributed by atoms with van der Waals surface area (Å²) in [6.45, 7) is 8.41. The van der Waals surface area contributed by atoms with E-state index in [2.05, 4.69) is 18.8 Å². The Kier molecular flexibility index (Phi) is 4.87. The highest BCUT2D eigenvalue weighted by Crippen LogP contribution is 2.44. The van der Waals surface area contributed by atoms with Gasteiger partial charge in [0, 0.05) is 23.8 Å². The van der Waals surface area contributed by atoms with E-state index in [1.54, 1.807) is 6.20 Å². The molecule has 0 bridgehead atoms. The first-order valence-electron chi connectivity index (χ1n) is 9.01. The minimum absolute atomic E-state index is 0.0714. The van der Waals surface area contributed by atoms with Crippen molar-refractivity contribution in [3.63, 3.8) is 0 Å². The molecule has 3 heteroatoms. The number of aromatic nitrogens is 1. The van der Waals surface area contributed by atoms with Crippen LogP contribution in [0.1, 0.15) is 50.5 Å². The average molecular weight is 349 g/mol. The molecule has 0 radical (unpaired) electrons. The van der Waals surface area contributed by atoms with E-state index in [1.807, 2.05) is 68.4 Å². The molecule has 3 nitrogen and oxygen atoms in total. The maximum Gasteiger partial charge on any atom is 0.106 e. The number of hydrogen-bond donors (Lipinski definition) is 2. The molecule has 2 N–H and O–H groups in total. The van der Waals surface area contributed by atoms with Crippen molar-refractivity contribution in [2.45, 2.75) is 39.2 Å². The zero-order chi connectivity index (χ0) is 18.9. The van der Waals surface area contributed by atoms with E-state index in [0.29, 0.717) is 0 Å². The van der Waals surface area contributed by atoms with Gasteiger partial charge in [0.15, 0.2) is 0 Å². The van der Waals surface area contributed by atoms with Gasteiger partial charge in [-0.3, -0.25) is 4.98 Å². The van der Waals surface area contributed by atoms with Crippen molar-refractivity contribution in [3.8, 4) is 0 Å². The Morgan fingerprint density at radius 3 is 2.35 bits per heavy atom. The van der Waals surface area contributed by atoms with Crippen LogP contribution < -0.4 is 0 Å². The fraction of sp³-hybridized carbons (Fsp3) is 0.348. The van der Waals surface area contributed by atoms with Gasteiger partial charge < -0.3 is 10.2 Å². The smallest absolute Gasteiger partial charge is 0.106 e. The molecular formula is C23H27NO2. The van der Waals surface area contributed by atoms with Crippen molar-refractivity contribution in [2.75, 3.05) is 6.61 Å². The van der Waals surface area contributed by atoms with Gasteiger partial charge in [0.1, 0.15) is 6.10 Å². The largest absolute Gasteiger partial charge is 0.396 e. The Hall–Kier alpha value is -2.23. The highest BCUT2D eigenvalue weighted by Gasteiger charge is 2.39. The summed E-state index contributed by atoms with van der Waals surface area (Å²) in [4.78, 5) is 4.48. The number of aliphatic hydroxyl groups is 2. The van der Waals surface area contributed by atoms with Crippen LogP contribution in [-0.4, -0.2) is 21.8 Å². The van der Waals surface area contributed by atoms with Crippen molar-refractivity contribution in [1.29, 1.82) is 0 Å². The second-order valence-corrected chi connectivity index (χ2v) is 8.12. The van der Waals surface area contributed by atoms with Gasteiger partial charge in [-0.1, -0.05) is 70.2 Å². The van der Waals surface area contributed by atoms with E-state index in [-0.39, 0.29) is 17.4 Å². The van der Waals surface area contributed by atoms with Crippen LogP contribution >= 0.6 is 0 Å². The molecule has 0 saturated carbocycles. The van der Waals surface area contributed by atoms with Gasteiger partial charge in [0.2, 0.25) is 0 Å². The normalized spacial score (nSPS) is 13.8. The fourth-order valence-electron chi connectivity index (χ4n) is 3.28. The Morgan fingerprint density at radius 1 is 0.962 bits per heavy atom. The first kappa shape index (κ1) is 18.6. The SMILES string of the molecule is CC(C)(CO)C(C)(C)c1ccccc1C(O)c1cnc2ccccc2c1. The molecule has 0 aliphatic carbocycles. The highest BCUT2D eigenvalue weighted by atomic mass is 16.3. The van der Waals surface area contributed by atoms with Crippen molar-refractivity contribution in [3.05, 3.63) is 77.5 Å². The molecule has 26 heavy (non-hydrogen) atoms. The molecule has 1 aromatic heterocycles. The van der Waals surface area contributed by atoms with E-state index in [1.165, 1.54) is 0 Å². The predicted molar refractivity (Wildman–Crippen MR) is 106 cm³/mol. The number of fused-ring (bicyclic) bond motifs is 1. The van der Waals surface area contributed by atoms with Crippen LogP contribution in [0.3, 0.4) is 0 Å². The number of rotatable bonds is 5. The summed E-state index contributed by atoms with van der Waals surface area (Å²) < 4.78 is 0. The summed E-state index contributed by atoms with van der Waals surface area (Å²) in [6.07, 6.45) is 0.977. The molecule has 0 aliphatic heterocycles. The van der Waals surface area contributed by atoms with Crippen LogP contribution in [-0.2, 0) is 5.41 Å². The number of pyridine rings is 1. The molecule has 0 spiro atoms. The minimum Gasteiger partial charge on any atom is -0.396 e. The van der Waals surface area contributed by atoms with Crippen LogP contribution in [0.25, 0.3) is 10.9 Å². The van der Waals surface area contributed by atoms with E-state index in [0.717, 1.165) is 27.6 Å². The molecule has 3 aromatic rings. The van der Waals surface area contributed by atoms with E-state index in [9.17, 15) is 10.2 Å². The molecule has 3 rings (SSSR count). The monoisotopic (exact) mass is 349 g/mol. The highest BCUT2D eigenvalue weighted by molar-refractivity contribution is 5.78. The van der Waals surface area contributed by atoms with E-state index >= 15 is 0 Å². The predicted octanol–water partition coefficient (Wildman–Crippen LogP) is 4.61. The third-order valence-corrected chi connectivity index (χ3v) is 5.94. The summed E-state index contributed by atoms with van der Waals surface area (Å²) in [5.74, 6) is 0. The summed E-state index contributed by atoms with van der Waals surface area (Å²) in [5, 5.41) is 22.0. The van der Waals surface area contributed by atoms with Gasteiger partial charge in [-0.05, 0) is 34.1 Å². The van der Waals surface area contributed by atoms with Crippen molar-refractivity contribution >= 4 is 10.9 Å². The zero-order valence-electron chi connectivity index (χ0n) is 15.9. The summed E-state index contributed by atoms with van der Waals surface area (Å²) in [7, 11) is 0. The van der Waals surface area contributed by atoms with Gasteiger partial charge in [0.05, 0.1) is 5.52 Å². The summed E-state index contributed by atoms with van der Waals surface area (Å²) in [6, 6.07) is 17.8. The number of nitrogens with zero attached hydrogens (tertiary/aromatic N) is 1. The Balaban J connectivity index is 2.09. The van der Waals surface area contributed by atoms with Gasteiger partial charge in [-0.15, -0.1) is 0 Å². The van der Waals surface area contributed by atoms with Crippen LogP contribution in [0, 0.1) is 5.41 Å². The number of para-hydroxylation sites is 1. The quantitative estimate of drug-likeness (QED) is 0.707. The number of hydrogen-bond acceptors (Lipinski definition) is 3. The standard InChI is InChI=1S/C23H27NO2/c1-22(2,15-25)23(3,4)19-11-7-6-10-18(19)21(26)17-13-16-9-5-8-12-20(16)24-14-17/h5-14,21,25-26H,15H2,1-4H3. The molecule has 0 amide bonds. The minimum atomic E-state index is -0.767. The lowest BCUT2D eigenvalue weighted by atomic mass is 9.63. The molecule has 0 fully saturated rings. The van der Waals surface area contributed by atoms with Crippen molar-refractivity contribution in [2.24, 2.45) is 5.41 Å². The Bertz CT molecular complexity index is 915. The zero-order valence-corrected chi connectivity index (χ0v) is 15.9.